The van der Waals surface area contributed by atoms with E-state index in [4.69, 9.17) is 9.47 Å². The fourth-order valence-corrected chi connectivity index (χ4v) is 2.54. The van der Waals surface area contributed by atoms with Crippen LogP contribution in [0.25, 0.3) is 0 Å². The van der Waals surface area contributed by atoms with E-state index in [1.165, 1.54) is 7.11 Å². The second kappa shape index (κ2) is 8.50. The first-order chi connectivity index (χ1) is 11.9. The standard InChI is InChI=1S/C18H24N2O5/c1-12(2)18(23)25-11-16(21)19-13-7-8-14(15(10-13)24-3)20-9-5-4-6-17(20)22/h7-8,10,12H,4-6,9,11H2,1-3H3,(H,19,21). The number of ether oxygens (including phenoxy) is 2. The van der Waals surface area contributed by atoms with E-state index >= 15 is 0 Å². The number of piperidine rings is 1. The van der Waals surface area contributed by atoms with Crippen molar-refractivity contribution < 1.29 is 23.9 Å². The van der Waals surface area contributed by atoms with Gasteiger partial charge in [0.2, 0.25) is 5.91 Å². The number of carbonyl (C=O) groups is 3. The van der Waals surface area contributed by atoms with Crippen molar-refractivity contribution in [3.63, 3.8) is 0 Å². The second-order valence-corrected chi connectivity index (χ2v) is 6.20. The fourth-order valence-electron chi connectivity index (χ4n) is 2.54. The molecule has 7 nitrogen and oxygen atoms in total. The van der Waals surface area contributed by atoms with Crippen molar-refractivity contribution in [1.29, 1.82) is 0 Å². The van der Waals surface area contributed by atoms with E-state index in [1.54, 1.807) is 36.9 Å². The van der Waals surface area contributed by atoms with Crippen molar-refractivity contribution in [1.82, 2.24) is 0 Å². The number of benzene rings is 1. The lowest BCUT2D eigenvalue weighted by Gasteiger charge is -2.28. The molecule has 136 valence electrons. The van der Waals surface area contributed by atoms with Gasteiger partial charge in [-0.25, -0.2) is 0 Å². The van der Waals surface area contributed by atoms with Gasteiger partial charge in [0.1, 0.15) is 5.75 Å². The Morgan fingerprint density at radius 2 is 2.04 bits per heavy atom. The molecule has 2 rings (SSSR count). The first kappa shape index (κ1) is 18.8. The van der Waals surface area contributed by atoms with E-state index in [0.29, 0.717) is 30.1 Å². The molecule has 0 aliphatic carbocycles. The number of nitrogens with one attached hydrogen (secondary N) is 1. The minimum atomic E-state index is -0.433. The van der Waals surface area contributed by atoms with E-state index in [9.17, 15) is 14.4 Å². The molecule has 1 aromatic rings. The van der Waals surface area contributed by atoms with Gasteiger partial charge in [-0.15, -0.1) is 0 Å². The van der Waals surface area contributed by atoms with Crippen molar-refractivity contribution in [3.05, 3.63) is 18.2 Å². The third-order valence-corrected chi connectivity index (χ3v) is 3.89. The van der Waals surface area contributed by atoms with Crippen molar-refractivity contribution in [2.24, 2.45) is 5.92 Å². The van der Waals surface area contributed by atoms with Gasteiger partial charge < -0.3 is 19.7 Å². The van der Waals surface area contributed by atoms with Crippen LogP contribution in [0, 0.1) is 5.92 Å². The number of nitrogens with zero attached hydrogens (tertiary/aromatic N) is 1. The van der Waals surface area contributed by atoms with Crippen LogP contribution in [0.4, 0.5) is 11.4 Å². The number of hydrogen-bond acceptors (Lipinski definition) is 5. The lowest BCUT2D eigenvalue weighted by atomic mass is 10.1. The molecule has 1 N–H and O–H groups in total. The number of methoxy groups -OCH3 is 1. The van der Waals surface area contributed by atoms with E-state index < -0.39 is 11.9 Å². The van der Waals surface area contributed by atoms with Crippen LogP contribution < -0.4 is 15.0 Å². The summed E-state index contributed by atoms with van der Waals surface area (Å²) in [6.07, 6.45) is 2.39. The molecular formula is C18H24N2O5. The Hall–Kier alpha value is -2.57. The molecule has 2 amide bonds. The zero-order valence-corrected chi connectivity index (χ0v) is 14.8. The molecule has 7 heteroatoms. The molecule has 0 bridgehead atoms. The van der Waals surface area contributed by atoms with Crippen molar-refractivity contribution in [3.8, 4) is 5.75 Å². The molecule has 1 aliphatic rings. The predicted molar refractivity (Wildman–Crippen MR) is 93.6 cm³/mol. The molecule has 0 unspecified atom stereocenters. The molecule has 1 fully saturated rings. The number of anilines is 2. The van der Waals surface area contributed by atoms with Crippen LogP contribution in [0.5, 0.6) is 5.75 Å². The summed E-state index contributed by atoms with van der Waals surface area (Å²) < 4.78 is 10.3. The number of hydrogen-bond donors (Lipinski definition) is 1. The average Bonchev–Trinajstić information content (AvgIpc) is 2.60. The van der Waals surface area contributed by atoms with E-state index in [0.717, 1.165) is 12.8 Å². The van der Waals surface area contributed by atoms with Gasteiger partial charge in [-0.3, -0.25) is 14.4 Å². The summed E-state index contributed by atoms with van der Waals surface area (Å²) in [5.74, 6) is -0.562. The summed E-state index contributed by atoms with van der Waals surface area (Å²) in [7, 11) is 1.52. The highest BCUT2D eigenvalue weighted by Crippen LogP contribution is 2.33. The molecule has 0 atom stereocenters. The van der Waals surface area contributed by atoms with Crippen LogP contribution in [0.3, 0.4) is 0 Å². The maximum Gasteiger partial charge on any atom is 0.308 e. The Morgan fingerprint density at radius 1 is 1.28 bits per heavy atom. The quantitative estimate of drug-likeness (QED) is 0.798. The van der Waals surface area contributed by atoms with Gasteiger partial charge >= 0.3 is 5.97 Å². The van der Waals surface area contributed by atoms with Crippen molar-refractivity contribution in [2.75, 3.05) is 30.5 Å². The smallest absolute Gasteiger partial charge is 0.308 e. The topological polar surface area (TPSA) is 84.9 Å². The summed E-state index contributed by atoms with van der Waals surface area (Å²) in [6.45, 7) is 3.72. The number of rotatable bonds is 6. The highest BCUT2D eigenvalue weighted by atomic mass is 16.5. The van der Waals surface area contributed by atoms with Crippen molar-refractivity contribution >= 4 is 29.2 Å². The SMILES string of the molecule is COc1cc(NC(=O)COC(=O)C(C)C)ccc1N1CCCCC1=O. The summed E-state index contributed by atoms with van der Waals surface area (Å²) >= 11 is 0. The van der Waals surface area contributed by atoms with Gasteiger partial charge in [0.15, 0.2) is 6.61 Å². The molecule has 0 aromatic heterocycles. The van der Waals surface area contributed by atoms with Crippen LogP contribution in [0.1, 0.15) is 33.1 Å². The van der Waals surface area contributed by atoms with Gasteiger partial charge in [0, 0.05) is 24.7 Å². The Kier molecular flexibility index (Phi) is 6.38. The van der Waals surface area contributed by atoms with Crippen LogP contribution in [0.2, 0.25) is 0 Å². The fraction of sp³-hybridized carbons (Fsp3) is 0.500. The minimum absolute atomic E-state index is 0.0712. The highest BCUT2D eigenvalue weighted by Gasteiger charge is 2.22. The average molecular weight is 348 g/mol. The van der Waals surface area contributed by atoms with Gasteiger partial charge in [-0.2, -0.15) is 0 Å². The van der Waals surface area contributed by atoms with Gasteiger partial charge in [-0.1, -0.05) is 13.8 Å². The summed E-state index contributed by atoms with van der Waals surface area (Å²) in [5, 5.41) is 2.65. The molecule has 0 spiro atoms. The molecule has 0 saturated carbocycles. The van der Waals surface area contributed by atoms with E-state index in [2.05, 4.69) is 5.32 Å². The maximum atomic E-state index is 12.1. The van der Waals surface area contributed by atoms with Crippen LogP contribution >= 0.6 is 0 Å². The first-order valence-corrected chi connectivity index (χ1v) is 8.37. The highest BCUT2D eigenvalue weighted by molar-refractivity contribution is 5.97. The maximum absolute atomic E-state index is 12.1. The Labute approximate surface area is 147 Å². The largest absolute Gasteiger partial charge is 0.494 e. The molecule has 1 heterocycles. The Bertz CT molecular complexity index is 657. The summed E-state index contributed by atoms with van der Waals surface area (Å²) in [6, 6.07) is 5.10. The molecule has 0 radical (unpaired) electrons. The van der Waals surface area contributed by atoms with Gasteiger partial charge in [0.25, 0.3) is 5.91 Å². The number of esters is 1. The third-order valence-electron chi connectivity index (χ3n) is 3.89. The molecule has 1 aliphatic heterocycles. The lowest BCUT2D eigenvalue weighted by Crippen LogP contribution is -2.35. The Balaban J connectivity index is 2.04. The summed E-state index contributed by atoms with van der Waals surface area (Å²) in [4.78, 5) is 37.1. The molecule has 25 heavy (non-hydrogen) atoms. The van der Waals surface area contributed by atoms with Crippen molar-refractivity contribution in [2.45, 2.75) is 33.1 Å². The molecule has 1 aromatic carbocycles. The Morgan fingerprint density at radius 3 is 2.68 bits per heavy atom. The van der Waals surface area contributed by atoms with E-state index in [-0.39, 0.29) is 18.4 Å². The predicted octanol–water partition coefficient (Wildman–Crippen LogP) is 2.35. The minimum Gasteiger partial charge on any atom is -0.494 e. The zero-order chi connectivity index (χ0) is 18.4. The number of carbonyl (C=O) groups excluding carboxylic acids is 3. The molecule has 1 saturated heterocycles. The number of amides is 2. The van der Waals surface area contributed by atoms with E-state index in [1.807, 2.05) is 0 Å². The normalized spacial score (nSPS) is 14.4. The van der Waals surface area contributed by atoms with Crippen LogP contribution in [-0.4, -0.2) is 38.0 Å². The molecular weight excluding hydrogens is 324 g/mol. The van der Waals surface area contributed by atoms with Gasteiger partial charge in [0.05, 0.1) is 18.7 Å². The first-order valence-electron chi connectivity index (χ1n) is 8.37. The second-order valence-electron chi connectivity index (χ2n) is 6.20. The third kappa shape index (κ3) is 4.95. The summed E-state index contributed by atoms with van der Waals surface area (Å²) in [5.41, 5.74) is 1.20. The van der Waals surface area contributed by atoms with Gasteiger partial charge in [-0.05, 0) is 25.0 Å². The monoisotopic (exact) mass is 348 g/mol. The van der Waals surface area contributed by atoms with Crippen LogP contribution in [-0.2, 0) is 19.1 Å². The zero-order valence-electron chi connectivity index (χ0n) is 14.8. The van der Waals surface area contributed by atoms with Crippen LogP contribution in [0.15, 0.2) is 18.2 Å². The lowest BCUT2D eigenvalue weighted by molar-refractivity contribution is -0.150.